The Kier molecular flexibility index (Phi) is 4.65. The van der Waals surface area contributed by atoms with Gasteiger partial charge in [-0.2, -0.15) is 0 Å². The van der Waals surface area contributed by atoms with E-state index >= 15 is 0 Å². The summed E-state index contributed by atoms with van der Waals surface area (Å²) in [6.45, 7) is -0.0436. The molecule has 0 aliphatic rings. The van der Waals surface area contributed by atoms with Crippen LogP contribution in [0.4, 0.5) is 14.5 Å². The van der Waals surface area contributed by atoms with Crippen LogP contribution in [0.2, 0.25) is 10.0 Å². The number of benzene rings is 2. The molecule has 0 saturated heterocycles. The molecule has 21 heavy (non-hydrogen) atoms. The molecule has 2 N–H and O–H groups in total. The number of carbonyl (C=O) groups is 1. The zero-order valence-corrected chi connectivity index (χ0v) is 12.0. The predicted octanol–water partition coefficient (Wildman–Crippen LogP) is 4.58. The largest absolute Gasteiger partial charge is 0.478 e. The van der Waals surface area contributed by atoms with Crippen LogP contribution in [0.5, 0.6) is 0 Å². The molecule has 110 valence electrons. The summed E-state index contributed by atoms with van der Waals surface area (Å²) in [5.41, 5.74) is 0.343. The first-order chi connectivity index (χ1) is 9.88. The van der Waals surface area contributed by atoms with Crippen LogP contribution < -0.4 is 5.32 Å². The summed E-state index contributed by atoms with van der Waals surface area (Å²) in [6.07, 6.45) is 0. The number of nitrogens with one attached hydrogen (secondary N) is 1. The predicted molar refractivity (Wildman–Crippen MR) is 77.1 cm³/mol. The molecule has 0 heterocycles. The quantitative estimate of drug-likeness (QED) is 0.861. The average molecular weight is 332 g/mol. The molecule has 2 rings (SSSR count). The van der Waals surface area contributed by atoms with E-state index in [1.807, 2.05) is 0 Å². The smallest absolute Gasteiger partial charge is 0.335 e. The first kappa shape index (κ1) is 15.5. The van der Waals surface area contributed by atoms with Crippen molar-refractivity contribution in [1.82, 2.24) is 0 Å². The molecular weight excluding hydrogens is 323 g/mol. The lowest BCUT2D eigenvalue weighted by atomic mass is 10.1. The Morgan fingerprint density at radius 2 is 1.76 bits per heavy atom. The highest BCUT2D eigenvalue weighted by Crippen LogP contribution is 2.31. The van der Waals surface area contributed by atoms with Gasteiger partial charge in [0.15, 0.2) is 0 Å². The average Bonchev–Trinajstić information content (AvgIpc) is 2.39. The number of hydrogen-bond acceptors (Lipinski definition) is 2. The van der Waals surface area contributed by atoms with Crippen LogP contribution in [-0.4, -0.2) is 11.1 Å². The van der Waals surface area contributed by atoms with Gasteiger partial charge in [0.25, 0.3) is 0 Å². The molecule has 2 aromatic carbocycles. The van der Waals surface area contributed by atoms with Crippen LogP contribution in [0, 0.1) is 11.6 Å². The maximum absolute atomic E-state index is 13.6. The Labute approximate surface area is 129 Å². The summed E-state index contributed by atoms with van der Waals surface area (Å²) in [7, 11) is 0. The number of rotatable bonds is 4. The normalized spacial score (nSPS) is 10.5. The van der Waals surface area contributed by atoms with E-state index in [9.17, 15) is 13.6 Å². The molecule has 7 heteroatoms. The first-order valence-corrected chi connectivity index (χ1v) is 6.54. The van der Waals surface area contributed by atoms with Gasteiger partial charge < -0.3 is 10.4 Å². The summed E-state index contributed by atoms with van der Waals surface area (Å²) in [5.74, 6) is -2.31. The lowest BCUT2D eigenvalue weighted by Crippen LogP contribution is -2.06. The van der Waals surface area contributed by atoms with Crippen LogP contribution >= 0.6 is 23.2 Å². The second-order valence-corrected chi connectivity index (χ2v) is 5.02. The van der Waals surface area contributed by atoms with Crippen LogP contribution in [-0.2, 0) is 6.54 Å². The van der Waals surface area contributed by atoms with Crippen molar-refractivity contribution in [2.45, 2.75) is 6.54 Å². The standard InChI is InChI=1S/C14H9Cl2F2NO2/c15-10-4-9(17)5-11(16)13(10)19-6-8-3-7(14(20)21)1-2-12(8)18/h1-5,19H,6H2,(H,20,21). The van der Waals surface area contributed by atoms with Gasteiger partial charge in [0, 0.05) is 12.1 Å². The molecule has 0 bridgehead atoms. The van der Waals surface area contributed by atoms with Crippen LogP contribution in [0.15, 0.2) is 30.3 Å². The Morgan fingerprint density at radius 3 is 2.33 bits per heavy atom. The van der Waals surface area contributed by atoms with E-state index in [2.05, 4.69) is 5.32 Å². The maximum Gasteiger partial charge on any atom is 0.335 e. The number of carboxylic acids is 1. The Hall–Kier alpha value is -1.85. The van der Waals surface area contributed by atoms with Gasteiger partial charge in [0.2, 0.25) is 0 Å². The zero-order valence-electron chi connectivity index (χ0n) is 10.5. The minimum Gasteiger partial charge on any atom is -0.478 e. The SMILES string of the molecule is O=C(O)c1ccc(F)c(CNc2c(Cl)cc(F)cc2Cl)c1. The van der Waals surface area contributed by atoms with Gasteiger partial charge in [-0.3, -0.25) is 0 Å². The van der Waals surface area contributed by atoms with Crippen molar-refractivity contribution in [3.05, 3.63) is 63.1 Å². The highest BCUT2D eigenvalue weighted by atomic mass is 35.5. The third-order valence-corrected chi connectivity index (χ3v) is 3.35. The van der Waals surface area contributed by atoms with Crippen molar-refractivity contribution in [2.24, 2.45) is 0 Å². The molecule has 0 spiro atoms. The van der Waals surface area contributed by atoms with E-state index in [4.69, 9.17) is 28.3 Å². The molecule has 0 unspecified atom stereocenters. The van der Waals surface area contributed by atoms with Gasteiger partial charge in [0.05, 0.1) is 21.3 Å². The lowest BCUT2D eigenvalue weighted by Gasteiger charge is -2.11. The Balaban J connectivity index is 2.24. The van der Waals surface area contributed by atoms with Crippen molar-refractivity contribution in [2.75, 3.05) is 5.32 Å². The van der Waals surface area contributed by atoms with Gasteiger partial charge in [-0.15, -0.1) is 0 Å². The topological polar surface area (TPSA) is 49.3 Å². The number of halogens is 4. The monoisotopic (exact) mass is 331 g/mol. The van der Waals surface area contributed by atoms with Gasteiger partial charge >= 0.3 is 5.97 Å². The molecule has 0 radical (unpaired) electrons. The van der Waals surface area contributed by atoms with Crippen molar-refractivity contribution >= 4 is 34.9 Å². The van der Waals surface area contributed by atoms with E-state index in [0.29, 0.717) is 0 Å². The van der Waals surface area contributed by atoms with Gasteiger partial charge in [0.1, 0.15) is 11.6 Å². The third kappa shape index (κ3) is 3.62. The first-order valence-electron chi connectivity index (χ1n) is 5.78. The van der Waals surface area contributed by atoms with Crippen LogP contribution in [0.3, 0.4) is 0 Å². The Morgan fingerprint density at radius 1 is 1.14 bits per heavy atom. The summed E-state index contributed by atoms with van der Waals surface area (Å²) in [4.78, 5) is 10.9. The minimum atomic E-state index is -1.16. The molecule has 3 nitrogen and oxygen atoms in total. The second kappa shape index (κ2) is 6.28. The van der Waals surface area contributed by atoms with Gasteiger partial charge in [-0.05, 0) is 30.3 Å². The molecule has 0 aliphatic carbocycles. The van der Waals surface area contributed by atoms with Crippen molar-refractivity contribution < 1.29 is 18.7 Å². The summed E-state index contributed by atoms with van der Waals surface area (Å²) in [5, 5.41) is 11.7. The molecule has 0 saturated carbocycles. The molecule has 2 aromatic rings. The molecular formula is C14H9Cl2F2NO2. The molecule has 0 amide bonds. The summed E-state index contributed by atoms with van der Waals surface area (Å²) >= 11 is 11.7. The maximum atomic E-state index is 13.6. The minimum absolute atomic E-state index is 0.0375. The third-order valence-electron chi connectivity index (χ3n) is 2.76. The number of hydrogen-bond donors (Lipinski definition) is 2. The van der Waals surface area contributed by atoms with Crippen molar-refractivity contribution in [3.63, 3.8) is 0 Å². The molecule has 0 fully saturated rings. The Bertz CT molecular complexity index is 684. The fourth-order valence-electron chi connectivity index (χ4n) is 1.74. The van der Waals surface area contributed by atoms with Gasteiger partial charge in [-0.1, -0.05) is 23.2 Å². The lowest BCUT2D eigenvalue weighted by molar-refractivity contribution is 0.0696. The van der Waals surface area contributed by atoms with Crippen molar-refractivity contribution in [1.29, 1.82) is 0 Å². The number of carboxylic acid groups (broad SMARTS) is 1. The fraction of sp³-hybridized carbons (Fsp3) is 0.0714. The van der Waals surface area contributed by atoms with E-state index in [-0.39, 0.29) is 33.4 Å². The molecule has 0 aromatic heterocycles. The zero-order chi connectivity index (χ0) is 15.6. The van der Waals surface area contributed by atoms with Crippen LogP contribution in [0.25, 0.3) is 0 Å². The van der Waals surface area contributed by atoms with E-state index in [0.717, 1.165) is 18.2 Å². The van der Waals surface area contributed by atoms with Crippen molar-refractivity contribution in [3.8, 4) is 0 Å². The van der Waals surface area contributed by atoms with Crippen LogP contribution in [0.1, 0.15) is 15.9 Å². The van der Waals surface area contributed by atoms with E-state index < -0.39 is 17.6 Å². The highest BCUT2D eigenvalue weighted by Gasteiger charge is 2.11. The molecule has 0 aliphatic heterocycles. The molecule has 0 atom stereocenters. The second-order valence-electron chi connectivity index (χ2n) is 4.21. The van der Waals surface area contributed by atoms with Gasteiger partial charge in [-0.25, -0.2) is 13.6 Å². The number of aromatic carboxylic acids is 1. The number of anilines is 1. The van der Waals surface area contributed by atoms with E-state index in [1.165, 1.54) is 12.1 Å². The van der Waals surface area contributed by atoms with E-state index in [1.54, 1.807) is 0 Å². The fourth-order valence-corrected chi connectivity index (χ4v) is 2.33. The summed E-state index contributed by atoms with van der Waals surface area (Å²) in [6, 6.07) is 5.57. The highest BCUT2D eigenvalue weighted by molar-refractivity contribution is 6.39. The summed E-state index contributed by atoms with van der Waals surface area (Å²) < 4.78 is 26.7.